The lowest BCUT2D eigenvalue weighted by molar-refractivity contribution is 0.0521. The minimum absolute atomic E-state index is 0.510. The monoisotopic (exact) mass is 174 g/mol. The van der Waals surface area contributed by atoms with Crippen LogP contribution >= 0.6 is 0 Å². The van der Waals surface area contributed by atoms with Crippen molar-refractivity contribution in [3.8, 4) is 0 Å². The fourth-order valence-corrected chi connectivity index (χ4v) is 1.06. The molecule has 12 heavy (non-hydrogen) atoms. The van der Waals surface area contributed by atoms with E-state index in [9.17, 15) is 4.91 Å². The molecule has 0 aliphatic heterocycles. The van der Waals surface area contributed by atoms with Gasteiger partial charge >= 0.3 is 0 Å². The summed E-state index contributed by atoms with van der Waals surface area (Å²) in [6.07, 6.45) is 6.11. The summed E-state index contributed by atoms with van der Waals surface area (Å²) >= 11 is 0. The highest BCUT2D eigenvalue weighted by molar-refractivity contribution is 4.49. The highest BCUT2D eigenvalue weighted by Crippen LogP contribution is 2.06. The van der Waals surface area contributed by atoms with Gasteiger partial charge in [-0.05, 0) is 6.42 Å². The van der Waals surface area contributed by atoms with Gasteiger partial charge in [0.15, 0.2) is 11.6 Å². The number of unbranched alkanes of at least 4 members (excludes halogenated alkanes) is 4. The molecule has 0 spiro atoms. The molecule has 4 heteroatoms. The van der Waals surface area contributed by atoms with Crippen molar-refractivity contribution in [1.29, 1.82) is 0 Å². The number of nitrogens with zero attached hydrogens (tertiary/aromatic N) is 1. The third kappa shape index (κ3) is 7.47. The third-order valence-corrected chi connectivity index (χ3v) is 1.77. The molecule has 0 saturated heterocycles. The molecule has 1 unspecified atom stereocenters. The quantitative estimate of drug-likeness (QED) is 0.266. The van der Waals surface area contributed by atoms with E-state index in [1.807, 2.05) is 0 Å². The zero-order valence-corrected chi connectivity index (χ0v) is 7.66. The number of nitrogens with two attached hydrogens (primary N) is 1. The highest BCUT2D eigenvalue weighted by atomic mass is 16.7. The first kappa shape index (κ1) is 11.4. The molecule has 1 atom stereocenters. The summed E-state index contributed by atoms with van der Waals surface area (Å²) in [7, 11) is 0. The van der Waals surface area contributed by atoms with Crippen LogP contribution in [0.5, 0.6) is 0 Å². The van der Waals surface area contributed by atoms with Gasteiger partial charge in [0.2, 0.25) is 0 Å². The van der Waals surface area contributed by atoms with Crippen molar-refractivity contribution in [2.45, 2.75) is 51.7 Å². The summed E-state index contributed by atoms with van der Waals surface area (Å²) in [5.74, 6) is 0. The minimum Gasteiger partial charge on any atom is -0.345 e. The average Bonchev–Trinajstić information content (AvgIpc) is 2.05. The first-order chi connectivity index (χ1) is 5.81. The van der Waals surface area contributed by atoms with E-state index in [1.54, 1.807) is 0 Å². The van der Waals surface area contributed by atoms with E-state index in [4.69, 9.17) is 5.73 Å². The zero-order valence-electron chi connectivity index (χ0n) is 7.66. The van der Waals surface area contributed by atoms with Crippen LogP contribution in [0.4, 0.5) is 0 Å². The van der Waals surface area contributed by atoms with Crippen LogP contribution in [0.25, 0.3) is 0 Å². The van der Waals surface area contributed by atoms with Gasteiger partial charge in [0, 0.05) is 6.42 Å². The predicted molar refractivity (Wildman–Crippen MR) is 48.2 cm³/mol. The lowest BCUT2D eigenvalue weighted by Gasteiger charge is -2.05. The molecule has 0 aliphatic rings. The lowest BCUT2D eigenvalue weighted by atomic mass is 10.1. The summed E-state index contributed by atoms with van der Waals surface area (Å²) in [4.78, 5) is 13.9. The van der Waals surface area contributed by atoms with E-state index in [0.717, 1.165) is 19.3 Å². The normalized spacial score (nSPS) is 12.5. The third-order valence-electron chi connectivity index (χ3n) is 1.77. The van der Waals surface area contributed by atoms with Gasteiger partial charge in [0.1, 0.15) is 0 Å². The molecule has 0 bridgehead atoms. The summed E-state index contributed by atoms with van der Waals surface area (Å²) in [5.41, 5.74) is 5.38. The first-order valence-electron chi connectivity index (χ1n) is 4.55. The Morgan fingerprint density at radius 1 is 1.33 bits per heavy atom. The van der Waals surface area contributed by atoms with Gasteiger partial charge in [-0.25, -0.2) is 0 Å². The Balaban J connectivity index is 3.02. The summed E-state index contributed by atoms with van der Waals surface area (Å²) in [6, 6.07) is 0. The van der Waals surface area contributed by atoms with E-state index >= 15 is 0 Å². The Bertz CT molecular complexity index is 109. The Labute approximate surface area is 73.4 Å². The summed E-state index contributed by atoms with van der Waals surface area (Å²) in [6.45, 7) is 2.17. The molecular formula is C8H18N2O2. The molecule has 0 aromatic carbocycles. The van der Waals surface area contributed by atoms with Crippen LogP contribution in [0.1, 0.15) is 45.4 Å². The van der Waals surface area contributed by atoms with Crippen LogP contribution in [0.15, 0.2) is 5.34 Å². The zero-order chi connectivity index (χ0) is 9.23. The molecule has 0 aliphatic carbocycles. The molecule has 2 N–H and O–H groups in total. The number of hydrogen-bond acceptors (Lipinski definition) is 4. The van der Waals surface area contributed by atoms with Crippen molar-refractivity contribution < 1.29 is 4.84 Å². The fourth-order valence-electron chi connectivity index (χ4n) is 1.06. The maximum atomic E-state index is 9.60. The van der Waals surface area contributed by atoms with Crippen molar-refractivity contribution in [3.63, 3.8) is 0 Å². The molecule has 0 fully saturated rings. The van der Waals surface area contributed by atoms with Crippen molar-refractivity contribution in [2.75, 3.05) is 0 Å². The maximum Gasteiger partial charge on any atom is 0.179 e. The van der Waals surface area contributed by atoms with Gasteiger partial charge in [0.05, 0.1) is 0 Å². The predicted octanol–water partition coefficient (Wildman–Crippen LogP) is 2.33. The fraction of sp³-hybridized carbons (Fsp3) is 1.00. The molecule has 0 saturated carbocycles. The minimum atomic E-state index is -0.510. The molecule has 0 aromatic rings. The van der Waals surface area contributed by atoms with Crippen LogP contribution in [0.2, 0.25) is 0 Å². The molecule has 0 heterocycles. The smallest absolute Gasteiger partial charge is 0.179 e. The van der Waals surface area contributed by atoms with Crippen molar-refractivity contribution in [3.05, 3.63) is 4.91 Å². The van der Waals surface area contributed by atoms with Crippen LogP contribution in [-0.4, -0.2) is 6.23 Å². The van der Waals surface area contributed by atoms with Gasteiger partial charge in [-0.15, -0.1) is 4.91 Å². The topological polar surface area (TPSA) is 64.7 Å². The second-order valence-electron chi connectivity index (χ2n) is 2.92. The molecule has 0 radical (unpaired) electrons. The average molecular weight is 174 g/mol. The van der Waals surface area contributed by atoms with Crippen molar-refractivity contribution >= 4 is 0 Å². The molecule has 0 rings (SSSR count). The van der Waals surface area contributed by atoms with Crippen LogP contribution < -0.4 is 5.73 Å². The van der Waals surface area contributed by atoms with Crippen molar-refractivity contribution in [1.82, 2.24) is 0 Å². The lowest BCUT2D eigenvalue weighted by Crippen LogP contribution is -2.20. The van der Waals surface area contributed by atoms with Crippen LogP contribution in [-0.2, 0) is 4.84 Å². The van der Waals surface area contributed by atoms with Gasteiger partial charge < -0.3 is 4.84 Å². The van der Waals surface area contributed by atoms with Gasteiger partial charge in [0.25, 0.3) is 0 Å². The van der Waals surface area contributed by atoms with E-state index in [0.29, 0.717) is 0 Å². The molecule has 72 valence electrons. The second-order valence-corrected chi connectivity index (χ2v) is 2.92. The van der Waals surface area contributed by atoms with Gasteiger partial charge in [-0.3, -0.25) is 5.73 Å². The Morgan fingerprint density at radius 3 is 2.58 bits per heavy atom. The van der Waals surface area contributed by atoms with E-state index < -0.39 is 6.23 Å². The van der Waals surface area contributed by atoms with Gasteiger partial charge in [-0.2, -0.15) is 0 Å². The SMILES string of the molecule is CCCCCCCC(N)ON=O. The van der Waals surface area contributed by atoms with Crippen molar-refractivity contribution in [2.24, 2.45) is 11.1 Å². The van der Waals surface area contributed by atoms with Gasteiger partial charge in [-0.1, -0.05) is 32.6 Å². The molecular weight excluding hydrogens is 156 g/mol. The van der Waals surface area contributed by atoms with E-state index in [-0.39, 0.29) is 0 Å². The summed E-state index contributed by atoms with van der Waals surface area (Å²) in [5, 5.41) is 2.28. The van der Waals surface area contributed by atoms with Crippen LogP contribution in [0, 0.1) is 4.91 Å². The maximum absolute atomic E-state index is 9.60. The Hall–Kier alpha value is -0.640. The first-order valence-corrected chi connectivity index (χ1v) is 4.55. The molecule has 0 amide bonds. The van der Waals surface area contributed by atoms with Crippen LogP contribution in [0.3, 0.4) is 0 Å². The molecule has 0 aromatic heterocycles. The highest BCUT2D eigenvalue weighted by Gasteiger charge is 2.01. The standard InChI is InChI=1S/C8H18N2O2/c1-2-3-4-5-6-7-8(9)12-10-11/h8H,2-7,9H2,1H3. The van der Waals surface area contributed by atoms with E-state index in [1.165, 1.54) is 19.3 Å². The largest absolute Gasteiger partial charge is 0.345 e. The summed E-state index contributed by atoms with van der Waals surface area (Å²) < 4.78 is 0. The Kier molecular flexibility index (Phi) is 8.01. The number of hydrogen-bond donors (Lipinski definition) is 1. The number of rotatable bonds is 8. The second kappa shape index (κ2) is 8.46. The molecule has 4 nitrogen and oxygen atoms in total. The van der Waals surface area contributed by atoms with E-state index in [2.05, 4.69) is 17.1 Å². The Morgan fingerprint density at radius 2 is 2.00 bits per heavy atom.